The van der Waals surface area contributed by atoms with E-state index in [1.165, 1.54) is 6.20 Å². The van der Waals surface area contributed by atoms with Gasteiger partial charge in [0.05, 0.1) is 5.52 Å². The van der Waals surface area contributed by atoms with E-state index in [-0.39, 0.29) is 0 Å². The average Bonchev–Trinajstić information content (AvgIpc) is 2.41. The normalized spacial score (nSPS) is 12.5. The number of rotatable bonds is 3. The number of aromatic nitrogens is 2. The van der Waals surface area contributed by atoms with Crippen LogP contribution in [0.4, 0.5) is 0 Å². The number of nitrogens with zero attached hydrogens (tertiary/aromatic N) is 2. The van der Waals surface area contributed by atoms with Crippen LogP contribution in [-0.4, -0.2) is 9.97 Å². The van der Waals surface area contributed by atoms with Crippen molar-refractivity contribution in [2.24, 2.45) is 5.73 Å². The molecule has 1 aromatic heterocycles. The lowest BCUT2D eigenvalue weighted by molar-refractivity contribution is 1.10. The van der Waals surface area contributed by atoms with E-state index < -0.39 is 0 Å². The first-order valence-electron chi connectivity index (χ1n) is 6.28. The number of allylic oxidation sites excluding steroid dienone is 3. The van der Waals surface area contributed by atoms with Gasteiger partial charge in [0.15, 0.2) is 5.82 Å². The minimum absolute atomic E-state index is 0.463. The smallest absolute Gasteiger partial charge is 0.157 e. The summed E-state index contributed by atoms with van der Waals surface area (Å²) >= 11 is 9.76. The number of hydrogen-bond donors (Lipinski definition) is 1. The molecule has 0 aliphatic carbocycles. The Kier molecular flexibility index (Phi) is 4.78. The van der Waals surface area contributed by atoms with Gasteiger partial charge in [-0.15, -0.1) is 0 Å². The first-order chi connectivity index (χ1) is 9.56. The van der Waals surface area contributed by atoms with Gasteiger partial charge in [0.1, 0.15) is 5.15 Å². The fraction of sp³-hybridized carbons (Fsp3) is 0.200. The lowest BCUT2D eigenvalue weighted by atomic mass is 10.1. The van der Waals surface area contributed by atoms with Crippen molar-refractivity contribution in [2.45, 2.75) is 20.3 Å². The molecule has 5 heteroatoms. The maximum absolute atomic E-state index is 6.30. The van der Waals surface area contributed by atoms with Gasteiger partial charge in [-0.2, -0.15) is 0 Å². The third kappa shape index (κ3) is 3.02. The third-order valence-corrected chi connectivity index (χ3v) is 3.73. The summed E-state index contributed by atoms with van der Waals surface area (Å²) in [4.78, 5) is 9.04. The summed E-state index contributed by atoms with van der Waals surface area (Å²) in [6.45, 7) is 4.06. The first kappa shape index (κ1) is 15.0. The molecule has 0 unspecified atom stereocenters. The SMILES string of the molecule is CC/C(=C\C=C/N)c1nc(Cl)c2cc(Br)cc(C)c2n1. The minimum atomic E-state index is 0.463. The Morgan fingerprint density at radius 1 is 1.40 bits per heavy atom. The highest BCUT2D eigenvalue weighted by Gasteiger charge is 2.11. The number of halogens is 2. The van der Waals surface area contributed by atoms with E-state index >= 15 is 0 Å². The molecular weight excluding hydrogens is 338 g/mol. The number of fused-ring (bicyclic) bond motifs is 1. The second-order valence-electron chi connectivity index (χ2n) is 4.39. The van der Waals surface area contributed by atoms with E-state index in [4.69, 9.17) is 17.3 Å². The molecular formula is C15H15BrClN3. The van der Waals surface area contributed by atoms with Crippen molar-refractivity contribution in [3.8, 4) is 0 Å². The lowest BCUT2D eigenvalue weighted by Gasteiger charge is -2.08. The fourth-order valence-corrected chi connectivity index (χ4v) is 2.79. The molecule has 0 amide bonds. The summed E-state index contributed by atoms with van der Waals surface area (Å²) in [5.74, 6) is 0.647. The molecule has 2 rings (SSSR count). The zero-order valence-corrected chi connectivity index (χ0v) is 13.7. The van der Waals surface area contributed by atoms with Crippen molar-refractivity contribution < 1.29 is 0 Å². The molecule has 0 saturated carbocycles. The van der Waals surface area contributed by atoms with E-state index in [1.807, 2.05) is 32.1 Å². The van der Waals surface area contributed by atoms with Crippen LogP contribution in [0, 0.1) is 6.92 Å². The summed E-state index contributed by atoms with van der Waals surface area (Å²) in [7, 11) is 0. The van der Waals surface area contributed by atoms with Crippen molar-refractivity contribution in [3.05, 3.63) is 51.5 Å². The van der Waals surface area contributed by atoms with Crippen molar-refractivity contribution >= 4 is 44.0 Å². The van der Waals surface area contributed by atoms with Crippen LogP contribution in [0.1, 0.15) is 24.7 Å². The molecule has 2 N–H and O–H groups in total. The fourth-order valence-electron chi connectivity index (χ4n) is 1.99. The average molecular weight is 353 g/mol. The van der Waals surface area contributed by atoms with Crippen LogP contribution in [0.15, 0.2) is 35.0 Å². The van der Waals surface area contributed by atoms with Crippen molar-refractivity contribution in [1.82, 2.24) is 9.97 Å². The highest BCUT2D eigenvalue weighted by atomic mass is 79.9. The van der Waals surface area contributed by atoms with Gasteiger partial charge in [-0.25, -0.2) is 9.97 Å². The molecule has 0 aliphatic heterocycles. The predicted octanol–water partition coefficient (Wildman–Crippen LogP) is 4.62. The van der Waals surface area contributed by atoms with Crippen LogP contribution in [0.2, 0.25) is 5.15 Å². The van der Waals surface area contributed by atoms with Gasteiger partial charge >= 0.3 is 0 Å². The standard InChI is InChI=1S/C15H15BrClN3/c1-3-10(5-4-6-18)15-19-13-9(2)7-11(16)8-12(13)14(17)20-15/h4-8H,3,18H2,1-2H3/b6-4-,10-5+. The van der Waals surface area contributed by atoms with Gasteiger partial charge < -0.3 is 5.73 Å². The Morgan fingerprint density at radius 3 is 2.80 bits per heavy atom. The summed E-state index contributed by atoms with van der Waals surface area (Å²) in [5.41, 5.74) is 8.31. The van der Waals surface area contributed by atoms with Gasteiger partial charge in [0.2, 0.25) is 0 Å². The van der Waals surface area contributed by atoms with Crippen LogP contribution in [0.5, 0.6) is 0 Å². The van der Waals surface area contributed by atoms with E-state index in [0.29, 0.717) is 11.0 Å². The summed E-state index contributed by atoms with van der Waals surface area (Å²) < 4.78 is 0.970. The maximum atomic E-state index is 6.30. The van der Waals surface area contributed by atoms with Gasteiger partial charge in [0, 0.05) is 9.86 Å². The Hall–Kier alpha value is -1.39. The van der Waals surface area contributed by atoms with Crippen LogP contribution >= 0.6 is 27.5 Å². The zero-order chi connectivity index (χ0) is 14.7. The molecule has 3 nitrogen and oxygen atoms in total. The zero-order valence-electron chi connectivity index (χ0n) is 11.3. The third-order valence-electron chi connectivity index (χ3n) is 2.99. The van der Waals surface area contributed by atoms with E-state index in [2.05, 4.69) is 25.9 Å². The number of nitrogens with two attached hydrogens (primary N) is 1. The van der Waals surface area contributed by atoms with Gasteiger partial charge in [-0.3, -0.25) is 0 Å². The highest BCUT2D eigenvalue weighted by molar-refractivity contribution is 9.10. The molecule has 0 saturated heterocycles. The second kappa shape index (κ2) is 6.37. The molecule has 0 bridgehead atoms. The van der Waals surface area contributed by atoms with Crippen LogP contribution < -0.4 is 5.73 Å². The number of benzene rings is 1. The highest BCUT2D eigenvalue weighted by Crippen LogP contribution is 2.29. The number of aryl methyl sites for hydroxylation is 1. The van der Waals surface area contributed by atoms with Gasteiger partial charge in [-0.05, 0) is 48.9 Å². The number of hydrogen-bond acceptors (Lipinski definition) is 3. The molecule has 0 fully saturated rings. The monoisotopic (exact) mass is 351 g/mol. The Balaban J connectivity index is 2.69. The molecule has 0 aliphatic rings. The quantitative estimate of drug-likeness (QED) is 0.648. The van der Waals surface area contributed by atoms with Crippen LogP contribution in [0.25, 0.3) is 16.5 Å². The van der Waals surface area contributed by atoms with Crippen molar-refractivity contribution in [1.29, 1.82) is 0 Å². The largest absolute Gasteiger partial charge is 0.405 e. The summed E-state index contributed by atoms with van der Waals surface area (Å²) in [5, 5.41) is 1.32. The summed E-state index contributed by atoms with van der Waals surface area (Å²) in [6, 6.07) is 3.95. The second-order valence-corrected chi connectivity index (χ2v) is 5.66. The molecule has 0 atom stereocenters. The van der Waals surface area contributed by atoms with E-state index in [9.17, 15) is 0 Å². The summed E-state index contributed by atoms with van der Waals surface area (Å²) in [6.07, 6.45) is 5.98. The van der Waals surface area contributed by atoms with Gasteiger partial charge in [0.25, 0.3) is 0 Å². The molecule has 0 radical (unpaired) electrons. The lowest BCUT2D eigenvalue weighted by Crippen LogP contribution is -1.97. The molecule has 0 spiro atoms. The molecule has 1 aromatic carbocycles. The molecule has 1 heterocycles. The first-order valence-corrected chi connectivity index (χ1v) is 7.45. The Bertz CT molecular complexity index is 708. The Labute approximate surface area is 131 Å². The van der Waals surface area contributed by atoms with Crippen molar-refractivity contribution in [2.75, 3.05) is 0 Å². The molecule has 104 valence electrons. The Morgan fingerprint density at radius 2 is 2.15 bits per heavy atom. The van der Waals surface area contributed by atoms with Gasteiger partial charge in [-0.1, -0.05) is 40.5 Å². The van der Waals surface area contributed by atoms with Crippen molar-refractivity contribution in [3.63, 3.8) is 0 Å². The van der Waals surface area contributed by atoms with Crippen LogP contribution in [0.3, 0.4) is 0 Å². The topological polar surface area (TPSA) is 51.8 Å². The molecule has 20 heavy (non-hydrogen) atoms. The van der Waals surface area contributed by atoms with E-state index in [0.717, 1.165) is 32.9 Å². The minimum Gasteiger partial charge on any atom is -0.405 e. The van der Waals surface area contributed by atoms with Crippen LogP contribution in [-0.2, 0) is 0 Å². The maximum Gasteiger partial charge on any atom is 0.157 e. The molecule has 2 aromatic rings. The predicted molar refractivity (Wildman–Crippen MR) is 88.6 cm³/mol. The van der Waals surface area contributed by atoms with E-state index in [1.54, 1.807) is 6.08 Å².